The molecule has 0 saturated carbocycles. The molecule has 8 nitrogen and oxygen atoms in total. The Morgan fingerprint density at radius 2 is 1.88 bits per heavy atom. The molecule has 202 valence electrons. The molecule has 6 rings (SSSR count). The van der Waals surface area contributed by atoms with Crippen LogP contribution in [0, 0.1) is 6.92 Å². The number of fused-ring (bicyclic) bond motifs is 3. The van der Waals surface area contributed by atoms with Crippen LogP contribution < -0.4 is 10.9 Å². The number of hydrogen-bond donors (Lipinski definition) is 1. The van der Waals surface area contributed by atoms with Crippen LogP contribution in [-0.2, 0) is 19.4 Å². The quantitative estimate of drug-likeness (QED) is 0.309. The number of aryl methyl sites for hydroxylation is 1. The van der Waals surface area contributed by atoms with Gasteiger partial charge in [0.15, 0.2) is 0 Å². The highest BCUT2D eigenvalue weighted by Gasteiger charge is 2.29. The number of hydrogen-bond acceptors (Lipinski definition) is 5. The Morgan fingerprint density at radius 1 is 1.10 bits per heavy atom. The second-order valence-corrected chi connectivity index (χ2v) is 11.5. The molecule has 2 aromatic carbocycles. The van der Waals surface area contributed by atoms with Gasteiger partial charge in [0, 0.05) is 46.7 Å². The van der Waals surface area contributed by atoms with Gasteiger partial charge in [-0.15, -0.1) is 0 Å². The van der Waals surface area contributed by atoms with Crippen molar-refractivity contribution in [2.75, 3.05) is 13.6 Å². The van der Waals surface area contributed by atoms with Gasteiger partial charge in [0.1, 0.15) is 5.65 Å². The van der Waals surface area contributed by atoms with Crippen molar-refractivity contribution in [3.05, 3.63) is 119 Å². The summed E-state index contributed by atoms with van der Waals surface area (Å²) in [5, 5.41) is 11.5. The van der Waals surface area contributed by atoms with Crippen LogP contribution in [0.5, 0.6) is 0 Å². The van der Waals surface area contributed by atoms with E-state index in [1.165, 1.54) is 0 Å². The monoisotopic (exact) mass is 615 g/mol. The Labute approximate surface area is 243 Å². The summed E-state index contributed by atoms with van der Waals surface area (Å²) in [6.45, 7) is 2.67. The minimum Gasteiger partial charge on any atom is -0.355 e. The summed E-state index contributed by atoms with van der Waals surface area (Å²) in [7, 11) is 1.59. The second kappa shape index (κ2) is 10.5. The predicted molar refractivity (Wildman–Crippen MR) is 159 cm³/mol. The molecule has 0 spiro atoms. The number of carbonyl (C=O) groups is 2. The summed E-state index contributed by atoms with van der Waals surface area (Å²) in [5.74, 6) is -0.267. The fraction of sp³-hybridized carbons (Fsp3) is 0.200. The summed E-state index contributed by atoms with van der Waals surface area (Å²) in [4.78, 5) is 41.5. The summed E-state index contributed by atoms with van der Waals surface area (Å²) >= 11 is 5.12. The molecule has 2 amide bonds. The number of aromatic nitrogens is 3. The van der Waals surface area contributed by atoms with E-state index in [0.29, 0.717) is 47.4 Å². The van der Waals surface area contributed by atoms with Crippen molar-refractivity contribution in [3.8, 4) is 5.69 Å². The van der Waals surface area contributed by atoms with Gasteiger partial charge < -0.3 is 10.2 Å². The number of rotatable bonds is 5. The van der Waals surface area contributed by atoms with Gasteiger partial charge in [0.05, 0.1) is 24.1 Å². The van der Waals surface area contributed by atoms with E-state index in [1.54, 1.807) is 58.3 Å². The zero-order chi connectivity index (χ0) is 28.0. The zero-order valence-electron chi connectivity index (χ0n) is 22.0. The summed E-state index contributed by atoms with van der Waals surface area (Å²) in [6, 6.07) is 14.6. The van der Waals surface area contributed by atoms with Crippen LogP contribution in [0.25, 0.3) is 11.3 Å². The van der Waals surface area contributed by atoms with Crippen molar-refractivity contribution >= 4 is 44.7 Å². The molecule has 1 aliphatic heterocycles. The van der Waals surface area contributed by atoms with Crippen molar-refractivity contribution in [1.82, 2.24) is 24.4 Å². The van der Waals surface area contributed by atoms with E-state index in [-0.39, 0.29) is 23.9 Å². The zero-order valence-corrected chi connectivity index (χ0v) is 24.4. The molecule has 0 unspecified atom stereocenters. The molecule has 0 bridgehead atoms. The van der Waals surface area contributed by atoms with Crippen molar-refractivity contribution in [2.45, 2.75) is 26.3 Å². The molecule has 5 aromatic rings. The molecule has 4 heterocycles. The van der Waals surface area contributed by atoms with Crippen LogP contribution in [-0.4, -0.2) is 44.5 Å². The lowest BCUT2D eigenvalue weighted by Crippen LogP contribution is -2.41. The van der Waals surface area contributed by atoms with E-state index in [0.717, 1.165) is 26.9 Å². The van der Waals surface area contributed by atoms with Crippen molar-refractivity contribution in [3.63, 3.8) is 0 Å². The van der Waals surface area contributed by atoms with Gasteiger partial charge in [0.2, 0.25) is 0 Å². The molecular weight excluding hydrogens is 590 g/mol. The van der Waals surface area contributed by atoms with E-state index >= 15 is 0 Å². The van der Waals surface area contributed by atoms with Crippen LogP contribution in [0.15, 0.2) is 74.8 Å². The van der Waals surface area contributed by atoms with Gasteiger partial charge in [-0.05, 0) is 83.8 Å². The van der Waals surface area contributed by atoms with Crippen LogP contribution in [0.4, 0.5) is 0 Å². The predicted octanol–water partition coefficient (Wildman–Crippen LogP) is 4.77. The maximum absolute atomic E-state index is 14.1. The number of amides is 2. The minimum atomic E-state index is -0.192. The number of nitrogens with zero attached hydrogens (tertiary/aromatic N) is 4. The SMILES string of the molecule is CNC(=O)c1ccc(-n2c(=O)c3c(n4ncc(Cc5ccsc5)c24)CN(C(=O)c2ccc(Br)c(C)c2)CC3)cc1. The maximum atomic E-state index is 14.1. The van der Waals surface area contributed by atoms with Gasteiger partial charge in [0.25, 0.3) is 17.4 Å². The normalized spacial score (nSPS) is 12.9. The summed E-state index contributed by atoms with van der Waals surface area (Å²) < 4.78 is 4.46. The standard InChI is InChI=1S/C30H26BrN5O3S/c1-18-13-21(5-8-25(18)31)29(38)34-11-9-24-26(16-34)36-28(22(15-33-36)14-19-10-12-40-17-19)35(30(24)39)23-6-3-20(4-7-23)27(37)32-2/h3-8,10,12-13,15,17H,9,11,14,16H2,1-2H3,(H,32,37). The third-order valence-electron chi connectivity index (χ3n) is 7.35. The Morgan fingerprint density at radius 3 is 2.58 bits per heavy atom. The highest BCUT2D eigenvalue weighted by molar-refractivity contribution is 9.10. The van der Waals surface area contributed by atoms with Gasteiger partial charge in [-0.2, -0.15) is 16.4 Å². The smallest absolute Gasteiger partial charge is 0.261 e. The Bertz CT molecular complexity index is 1820. The van der Waals surface area contributed by atoms with E-state index in [2.05, 4.69) is 32.7 Å². The van der Waals surface area contributed by atoms with Gasteiger partial charge >= 0.3 is 0 Å². The van der Waals surface area contributed by atoms with Gasteiger partial charge in [-0.3, -0.25) is 19.0 Å². The van der Waals surface area contributed by atoms with Crippen LogP contribution in [0.3, 0.4) is 0 Å². The maximum Gasteiger partial charge on any atom is 0.261 e. The first-order valence-electron chi connectivity index (χ1n) is 12.9. The largest absolute Gasteiger partial charge is 0.355 e. The Hall–Kier alpha value is -4.02. The topological polar surface area (TPSA) is 88.7 Å². The molecule has 10 heteroatoms. The Kier molecular flexibility index (Phi) is 6.89. The first kappa shape index (κ1) is 26.2. The molecule has 1 N–H and O–H groups in total. The fourth-order valence-corrected chi connectivity index (χ4v) is 6.15. The molecule has 0 fully saturated rings. The molecule has 40 heavy (non-hydrogen) atoms. The number of halogens is 1. The molecule has 1 aliphatic rings. The average molecular weight is 617 g/mol. The van der Waals surface area contributed by atoms with E-state index in [9.17, 15) is 14.4 Å². The van der Waals surface area contributed by atoms with E-state index in [4.69, 9.17) is 5.10 Å². The van der Waals surface area contributed by atoms with E-state index in [1.807, 2.05) is 35.0 Å². The lowest BCUT2D eigenvalue weighted by atomic mass is 10.0. The minimum absolute atomic E-state index is 0.0750. The number of benzene rings is 2. The van der Waals surface area contributed by atoms with Crippen molar-refractivity contribution in [1.29, 1.82) is 0 Å². The molecule has 0 radical (unpaired) electrons. The first-order chi connectivity index (χ1) is 19.4. The van der Waals surface area contributed by atoms with Gasteiger partial charge in [-0.25, -0.2) is 4.52 Å². The second-order valence-electron chi connectivity index (χ2n) is 9.85. The molecule has 3 aromatic heterocycles. The third kappa shape index (κ3) is 4.56. The lowest BCUT2D eigenvalue weighted by Gasteiger charge is -2.30. The van der Waals surface area contributed by atoms with E-state index < -0.39 is 0 Å². The molecular formula is C30H26BrN5O3S. The first-order valence-corrected chi connectivity index (χ1v) is 14.6. The van der Waals surface area contributed by atoms with Crippen molar-refractivity contribution < 1.29 is 9.59 Å². The number of nitrogens with one attached hydrogen (secondary N) is 1. The highest BCUT2D eigenvalue weighted by atomic mass is 79.9. The van der Waals surface area contributed by atoms with Crippen molar-refractivity contribution in [2.24, 2.45) is 0 Å². The number of carbonyl (C=O) groups excluding carboxylic acids is 2. The van der Waals surface area contributed by atoms with Gasteiger partial charge in [-0.1, -0.05) is 15.9 Å². The molecule has 0 aliphatic carbocycles. The molecule has 0 atom stereocenters. The Balaban J connectivity index is 1.48. The third-order valence-corrected chi connectivity index (χ3v) is 8.97. The number of thiophene rings is 1. The summed E-state index contributed by atoms with van der Waals surface area (Å²) in [6.07, 6.45) is 2.84. The van der Waals surface area contributed by atoms with Crippen LogP contribution >= 0.6 is 27.3 Å². The van der Waals surface area contributed by atoms with Crippen LogP contribution in [0.2, 0.25) is 0 Å². The average Bonchev–Trinajstić information content (AvgIpc) is 3.65. The summed E-state index contributed by atoms with van der Waals surface area (Å²) in [5.41, 5.74) is 6.70. The highest BCUT2D eigenvalue weighted by Crippen LogP contribution is 2.26. The van der Waals surface area contributed by atoms with Crippen LogP contribution in [0.1, 0.15) is 48.7 Å². The molecule has 0 saturated heterocycles. The fourth-order valence-electron chi connectivity index (χ4n) is 5.23. The lowest BCUT2D eigenvalue weighted by molar-refractivity contribution is 0.0729.